The number of nitrogens with one attached hydrogen (secondary N) is 1. The molecule has 1 fully saturated rings. The predicted molar refractivity (Wildman–Crippen MR) is 130 cm³/mol. The zero-order valence-electron chi connectivity index (χ0n) is 20.2. The van der Waals surface area contributed by atoms with Crippen LogP contribution < -0.4 is 10.1 Å². The van der Waals surface area contributed by atoms with Crippen molar-refractivity contribution in [2.24, 2.45) is 0 Å². The Kier molecular flexibility index (Phi) is 6.75. The summed E-state index contributed by atoms with van der Waals surface area (Å²) in [5, 5.41) is 3.45. The number of hydrogen-bond acceptors (Lipinski definition) is 6. The first-order chi connectivity index (χ1) is 15.7. The maximum atomic E-state index is 13.1. The number of rotatable bonds is 7. The monoisotopic (exact) mass is 450 g/mol. The van der Waals surface area contributed by atoms with Crippen molar-refractivity contribution in [3.63, 3.8) is 0 Å². The number of carbonyl (C=O) groups is 1. The molecule has 1 aromatic carbocycles. The number of aromatic nitrogens is 1. The van der Waals surface area contributed by atoms with Gasteiger partial charge in [0.15, 0.2) is 5.75 Å². The van der Waals surface area contributed by atoms with Gasteiger partial charge in [-0.1, -0.05) is 12.1 Å². The van der Waals surface area contributed by atoms with Gasteiger partial charge in [-0.15, -0.1) is 0 Å². The van der Waals surface area contributed by atoms with Crippen LogP contribution in [0.4, 0.5) is 11.4 Å². The topological polar surface area (TPSA) is 69.7 Å². The molecule has 0 spiro atoms. The standard InChI is InChI=1S/C27H34N2O4/c1-17(2)32-25-23(10-13-28-24(25)19-11-14-31-15-12-19)29-22-9-8-20(18-6-7-18)16-21(22)26(30)33-27(3,4)5/h8-11,13,16-18H,6-7,12,14-15H2,1-5H3,(H,28,29). The average Bonchev–Trinajstić information content (AvgIpc) is 3.60. The highest BCUT2D eigenvalue weighted by molar-refractivity contribution is 5.97. The number of hydrogen-bond donors (Lipinski definition) is 1. The van der Waals surface area contributed by atoms with Gasteiger partial charge in [-0.2, -0.15) is 0 Å². The second-order valence-electron chi connectivity index (χ2n) is 9.96. The lowest BCUT2D eigenvalue weighted by Crippen LogP contribution is -2.24. The molecule has 0 unspecified atom stereocenters. The Morgan fingerprint density at radius 1 is 1.18 bits per heavy atom. The first-order valence-electron chi connectivity index (χ1n) is 11.8. The molecule has 1 aliphatic carbocycles. The normalized spacial score (nSPS) is 16.4. The Bertz CT molecular complexity index is 1050. The largest absolute Gasteiger partial charge is 0.487 e. The quantitative estimate of drug-likeness (QED) is 0.503. The summed E-state index contributed by atoms with van der Waals surface area (Å²) in [4.78, 5) is 17.7. The van der Waals surface area contributed by atoms with Crippen molar-refractivity contribution in [1.29, 1.82) is 0 Å². The van der Waals surface area contributed by atoms with E-state index in [9.17, 15) is 4.79 Å². The zero-order chi connectivity index (χ0) is 23.6. The number of esters is 1. The van der Waals surface area contributed by atoms with Crippen LogP contribution in [0.3, 0.4) is 0 Å². The van der Waals surface area contributed by atoms with Crippen molar-refractivity contribution < 1.29 is 19.0 Å². The molecule has 2 heterocycles. The van der Waals surface area contributed by atoms with Gasteiger partial charge >= 0.3 is 5.97 Å². The summed E-state index contributed by atoms with van der Waals surface area (Å²) in [5.74, 6) is 0.885. The van der Waals surface area contributed by atoms with E-state index in [2.05, 4.69) is 22.4 Å². The fourth-order valence-corrected chi connectivity index (χ4v) is 3.86. The first kappa shape index (κ1) is 23.3. The lowest BCUT2D eigenvalue weighted by molar-refractivity contribution is 0.00706. The summed E-state index contributed by atoms with van der Waals surface area (Å²) in [5.41, 5.74) is 4.53. The van der Waals surface area contributed by atoms with E-state index < -0.39 is 5.60 Å². The van der Waals surface area contributed by atoms with Crippen LogP contribution >= 0.6 is 0 Å². The molecule has 2 aliphatic rings. The molecule has 1 aromatic heterocycles. The van der Waals surface area contributed by atoms with E-state index in [1.54, 1.807) is 6.20 Å². The van der Waals surface area contributed by atoms with Crippen LogP contribution in [0.1, 0.15) is 81.4 Å². The van der Waals surface area contributed by atoms with Gasteiger partial charge in [-0.25, -0.2) is 4.79 Å². The van der Waals surface area contributed by atoms with Gasteiger partial charge in [0.05, 0.1) is 36.3 Å². The predicted octanol–water partition coefficient (Wildman–Crippen LogP) is 6.25. The van der Waals surface area contributed by atoms with Gasteiger partial charge in [0.2, 0.25) is 0 Å². The Balaban J connectivity index is 1.73. The highest BCUT2D eigenvalue weighted by Gasteiger charge is 2.27. The molecule has 176 valence electrons. The average molecular weight is 451 g/mol. The molecule has 0 saturated heterocycles. The van der Waals surface area contributed by atoms with Crippen molar-refractivity contribution in [3.8, 4) is 5.75 Å². The van der Waals surface area contributed by atoms with Crippen LogP contribution in [0.5, 0.6) is 5.75 Å². The molecule has 33 heavy (non-hydrogen) atoms. The van der Waals surface area contributed by atoms with Gasteiger partial charge in [0, 0.05) is 6.20 Å². The molecule has 6 nitrogen and oxygen atoms in total. The van der Waals surface area contributed by atoms with E-state index in [1.165, 1.54) is 18.4 Å². The van der Waals surface area contributed by atoms with Crippen molar-refractivity contribution >= 4 is 22.9 Å². The lowest BCUT2D eigenvalue weighted by atomic mass is 10.0. The van der Waals surface area contributed by atoms with E-state index in [0.717, 1.165) is 23.4 Å². The summed E-state index contributed by atoms with van der Waals surface area (Å²) in [6.45, 7) is 10.9. The van der Waals surface area contributed by atoms with Crippen molar-refractivity contribution in [3.05, 3.63) is 53.4 Å². The number of pyridine rings is 1. The van der Waals surface area contributed by atoms with Crippen LogP contribution in [0.25, 0.3) is 5.57 Å². The zero-order valence-corrected chi connectivity index (χ0v) is 20.2. The van der Waals surface area contributed by atoms with Crippen LogP contribution in [0, 0.1) is 0 Å². The van der Waals surface area contributed by atoms with Gasteiger partial charge in [0.1, 0.15) is 11.3 Å². The Labute approximate surface area is 196 Å². The molecule has 0 amide bonds. The minimum Gasteiger partial charge on any atom is -0.487 e. The van der Waals surface area contributed by atoms with Crippen LogP contribution in [-0.4, -0.2) is 35.9 Å². The van der Waals surface area contributed by atoms with E-state index >= 15 is 0 Å². The molecule has 1 N–H and O–H groups in total. The molecular weight excluding hydrogens is 416 g/mol. The molecular formula is C27H34N2O4. The number of anilines is 2. The fraction of sp³-hybridized carbons (Fsp3) is 0.481. The first-order valence-corrected chi connectivity index (χ1v) is 11.8. The van der Waals surface area contributed by atoms with Crippen LogP contribution in [0.15, 0.2) is 36.5 Å². The summed E-state index contributed by atoms with van der Waals surface area (Å²) < 4.78 is 17.4. The number of benzene rings is 1. The van der Waals surface area contributed by atoms with Gasteiger partial charge < -0.3 is 19.5 Å². The van der Waals surface area contributed by atoms with Crippen molar-refractivity contribution in [2.45, 2.75) is 71.5 Å². The molecule has 1 aliphatic heterocycles. The Morgan fingerprint density at radius 3 is 2.61 bits per heavy atom. The molecule has 2 aromatic rings. The van der Waals surface area contributed by atoms with Gasteiger partial charge in [-0.3, -0.25) is 4.98 Å². The molecule has 1 saturated carbocycles. The highest BCUT2D eigenvalue weighted by Crippen LogP contribution is 2.42. The second-order valence-corrected chi connectivity index (χ2v) is 9.96. The van der Waals surface area contributed by atoms with Crippen LogP contribution in [0.2, 0.25) is 0 Å². The van der Waals surface area contributed by atoms with E-state index in [0.29, 0.717) is 36.1 Å². The highest BCUT2D eigenvalue weighted by atomic mass is 16.6. The summed E-state index contributed by atoms with van der Waals surface area (Å²) in [6, 6.07) is 7.93. The third-order valence-electron chi connectivity index (χ3n) is 5.51. The fourth-order valence-electron chi connectivity index (χ4n) is 3.86. The maximum Gasteiger partial charge on any atom is 0.340 e. The van der Waals surface area contributed by atoms with Crippen molar-refractivity contribution in [1.82, 2.24) is 4.98 Å². The lowest BCUT2D eigenvalue weighted by Gasteiger charge is -2.23. The van der Waals surface area contributed by atoms with Crippen molar-refractivity contribution in [2.75, 3.05) is 18.5 Å². The van der Waals surface area contributed by atoms with Gasteiger partial charge in [0.25, 0.3) is 0 Å². The molecule has 0 bridgehead atoms. The molecule has 4 rings (SSSR count). The van der Waals surface area contributed by atoms with E-state index in [-0.39, 0.29) is 12.1 Å². The number of carbonyl (C=O) groups excluding carboxylic acids is 1. The van der Waals surface area contributed by atoms with Crippen LogP contribution in [-0.2, 0) is 9.47 Å². The number of ether oxygens (including phenoxy) is 3. The molecule has 0 radical (unpaired) electrons. The van der Waals surface area contributed by atoms with E-state index in [4.69, 9.17) is 14.2 Å². The summed E-state index contributed by atoms with van der Waals surface area (Å²) in [7, 11) is 0. The molecule has 6 heteroatoms. The Morgan fingerprint density at radius 2 is 1.97 bits per heavy atom. The minimum absolute atomic E-state index is 0.0310. The Hall–Kier alpha value is -2.86. The third-order valence-corrected chi connectivity index (χ3v) is 5.51. The number of nitrogens with zero attached hydrogens (tertiary/aromatic N) is 1. The maximum absolute atomic E-state index is 13.1. The molecule has 0 atom stereocenters. The SMILES string of the molecule is CC(C)Oc1c(Nc2ccc(C3CC3)cc2C(=O)OC(C)(C)C)ccnc1C1=CCOCC1. The summed E-state index contributed by atoms with van der Waals surface area (Å²) in [6.07, 6.45) is 6.91. The van der Waals surface area contributed by atoms with E-state index in [1.807, 2.05) is 52.8 Å². The second kappa shape index (κ2) is 9.56. The summed E-state index contributed by atoms with van der Waals surface area (Å²) >= 11 is 0. The minimum atomic E-state index is -0.574. The van der Waals surface area contributed by atoms with Gasteiger partial charge in [-0.05, 0) is 89.1 Å². The third kappa shape index (κ3) is 5.93. The smallest absolute Gasteiger partial charge is 0.340 e.